The van der Waals surface area contributed by atoms with Gasteiger partial charge in [-0.3, -0.25) is 14.4 Å². The first-order chi connectivity index (χ1) is 15.0. The van der Waals surface area contributed by atoms with Crippen molar-refractivity contribution in [3.63, 3.8) is 0 Å². The first-order valence-corrected chi connectivity index (χ1v) is 10.6. The van der Waals surface area contributed by atoms with Crippen molar-refractivity contribution in [2.75, 3.05) is 36.5 Å². The zero-order valence-corrected chi connectivity index (χ0v) is 18.0. The Morgan fingerprint density at radius 1 is 1.16 bits per heavy atom. The fourth-order valence-electron chi connectivity index (χ4n) is 3.57. The van der Waals surface area contributed by atoms with Gasteiger partial charge in [-0.15, -0.1) is 0 Å². The second kappa shape index (κ2) is 10.7. The molecule has 1 aliphatic rings. The molecular formula is C24H29N3O4. The number of nitrogens with zero attached hydrogens (tertiary/aromatic N) is 1. The number of carbonyl (C=O) groups excluding carboxylic acids is 3. The van der Waals surface area contributed by atoms with Gasteiger partial charge in [0, 0.05) is 38.4 Å². The van der Waals surface area contributed by atoms with E-state index in [1.54, 1.807) is 29.2 Å². The maximum Gasteiger partial charge on any atom is 0.253 e. The molecule has 0 saturated carbocycles. The minimum Gasteiger partial charge on any atom is -0.382 e. The average molecular weight is 424 g/mol. The molecule has 164 valence electrons. The van der Waals surface area contributed by atoms with E-state index in [1.165, 1.54) is 0 Å². The van der Waals surface area contributed by atoms with E-state index in [0.29, 0.717) is 44.0 Å². The van der Waals surface area contributed by atoms with E-state index in [1.807, 2.05) is 38.1 Å². The summed E-state index contributed by atoms with van der Waals surface area (Å²) in [4.78, 5) is 39.6. The van der Waals surface area contributed by atoms with Crippen LogP contribution in [0.5, 0.6) is 0 Å². The highest BCUT2D eigenvalue weighted by Crippen LogP contribution is 2.27. The van der Waals surface area contributed by atoms with E-state index in [2.05, 4.69) is 10.6 Å². The van der Waals surface area contributed by atoms with Crippen molar-refractivity contribution in [3.8, 4) is 0 Å². The third-order valence-electron chi connectivity index (χ3n) is 5.19. The summed E-state index contributed by atoms with van der Waals surface area (Å²) in [6, 6.07) is 14.6. The van der Waals surface area contributed by atoms with Crippen LogP contribution in [0.4, 0.5) is 11.4 Å². The Labute approximate surface area is 182 Å². The SMILES string of the molecule is CCOCCCNC(=O)c1ccccc1NC(=O)C1CC(=O)N(c2cccc(C)c2)C1. The smallest absolute Gasteiger partial charge is 0.253 e. The molecular weight excluding hydrogens is 394 g/mol. The molecule has 0 aliphatic carbocycles. The van der Waals surface area contributed by atoms with Crippen LogP contribution in [0.3, 0.4) is 0 Å². The maximum absolute atomic E-state index is 12.9. The topological polar surface area (TPSA) is 87.7 Å². The lowest BCUT2D eigenvalue weighted by Crippen LogP contribution is -2.30. The molecule has 1 heterocycles. The third-order valence-corrected chi connectivity index (χ3v) is 5.19. The van der Waals surface area contributed by atoms with Crippen molar-refractivity contribution in [1.29, 1.82) is 0 Å². The molecule has 2 aromatic rings. The molecule has 0 spiro atoms. The number of aryl methyl sites for hydroxylation is 1. The van der Waals surface area contributed by atoms with Crippen LogP contribution in [-0.4, -0.2) is 44.0 Å². The predicted octanol–water partition coefficient (Wildman–Crippen LogP) is 3.14. The molecule has 3 amide bonds. The Morgan fingerprint density at radius 2 is 1.97 bits per heavy atom. The molecule has 1 aliphatic heterocycles. The molecule has 7 heteroatoms. The molecule has 1 unspecified atom stereocenters. The van der Waals surface area contributed by atoms with Gasteiger partial charge in [0.15, 0.2) is 0 Å². The number of benzene rings is 2. The van der Waals surface area contributed by atoms with E-state index < -0.39 is 5.92 Å². The molecule has 31 heavy (non-hydrogen) atoms. The van der Waals surface area contributed by atoms with E-state index in [4.69, 9.17) is 4.74 Å². The highest BCUT2D eigenvalue weighted by atomic mass is 16.5. The maximum atomic E-state index is 12.9. The fourth-order valence-corrected chi connectivity index (χ4v) is 3.57. The average Bonchev–Trinajstić information content (AvgIpc) is 3.15. The lowest BCUT2D eigenvalue weighted by molar-refractivity contribution is -0.122. The number of para-hydroxylation sites is 1. The van der Waals surface area contributed by atoms with Crippen molar-refractivity contribution in [2.45, 2.75) is 26.7 Å². The van der Waals surface area contributed by atoms with Crippen molar-refractivity contribution in [2.24, 2.45) is 5.92 Å². The molecule has 1 atom stereocenters. The fraction of sp³-hybridized carbons (Fsp3) is 0.375. The van der Waals surface area contributed by atoms with Crippen LogP contribution < -0.4 is 15.5 Å². The van der Waals surface area contributed by atoms with Crippen molar-refractivity contribution in [1.82, 2.24) is 5.32 Å². The van der Waals surface area contributed by atoms with Crippen LogP contribution in [0.25, 0.3) is 0 Å². The monoisotopic (exact) mass is 423 g/mol. The van der Waals surface area contributed by atoms with Crippen LogP contribution in [0.1, 0.15) is 35.7 Å². The van der Waals surface area contributed by atoms with E-state index in [9.17, 15) is 14.4 Å². The first kappa shape index (κ1) is 22.5. The van der Waals surface area contributed by atoms with Gasteiger partial charge in [-0.2, -0.15) is 0 Å². The molecule has 3 rings (SSSR count). The summed E-state index contributed by atoms with van der Waals surface area (Å²) < 4.78 is 5.27. The predicted molar refractivity (Wildman–Crippen MR) is 120 cm³/mol. The van der Waals surface area contributed by atoms with Crippen molar-refractivity contribution < 1.29 is 19.1 Å². The number of hydrogen-bond donors (Lipinski definition) is 2. The van der Waals surface area contributed by atoms with Gasteiger partial charge >= 0.3 is 0 Å². The standard InChI is InChI=1S/C24H29N3O4/c1-3-31-13-7-12-25-24(30)20-10-4-5-11-21(20)26-23(29)18-15-22(28)27(16-18)19-9-6-8-17(2)14-19/h4-6,8-11,14,18H,3,7,12-13,15-16H2,1-2H3,(H,25,30)(H,26,29). The normalized spacial score (nSPS) is 15.7. The summed E-state index contributed by atoms with van der Waals surface area (Å²) >= 11 is 0. The van der Waals surface area contributed by atoms with E-state index in [-0.39, 0.29) is 24.1 Å². The van der Waals surface area contributed by atoms with E-state index in [0.717, 1.165) is 11.3 Å². The molecule has 0 aromatic heterocycles. The van der Waals surface area contributed by atoms with Crippen LogP contribution in [0.2, 0.25) is 0 Å². The molecule has 7 nitrogen and oxygen atoms in total. The van der Waals surface area contributed by atoms with Gasteiger partial charge in [-0.05, 0) is 50.1 Å². The van der Waals surface area contributed by atoms with Gasteiger partial charge in [-0.1, -0.05) is 24.3 Å². The zero-order chi connectivity index (χ0) is 22.2. The number of amides is 3. The van der Waals surface area contributed by atoms with Gasteiger partial charge in [0.25, 0.3) is 5.91 Å². The Bertz CT molecular complexity index is 944. The van der Waals surface area contributed by atoms with Crippen molar-refractivity contribution >= 4 is 29.1 Å². The van der Waals surface area contributed by atoms with Crippen LogP contribution in [0, 0.1) is 12.8 Å². The number of ether oxygens (including phenoxy) is 1. The lowest BCUT2D eigenvalue weighted by atomic mass is 10.1. The molecule has 2 aromatic carbocycles. The lowest BCUT2D eigenvalue weighted by Gasteiger charge is -2.17. The minimum absolute atomic E-state index is 0.0777. The van der Waals surface area contributed by atoms with Gasteiger partial charge < -0.3 is 20.3 Å². The Morgan fingerprint density at radius 3 is 2.74 bits per heavy atom. The second-order valence-corrected chi connectivity index (χ2v) is 7.59. The Kier molecular flexibility index (Phi) is 7.78. The van der Waals surface area contributed by atoms with Crippen LogP contribution in [0.15, 0.2) is 48.5 Å². The highest BCUT2D eigenvalue weighted by molar-refractivity contribution is 6.07. The summed E-state index contributed by atoms with van der Waals surface area (Å²) in [5.41, 5.74) is 2.69. The zero-order valence-electron chi connectivity index (χ0n) is 18.0. The summed E-state index contributed by atoms with van der Waals surface area (Å²) in [6.45, 7) is 5.93. The number of rotatable bonds is 9. The largest absolute Gasteiger partial charge is 0.382 e. The molecule has 1 fully saturated rings. The third kappa shape index (κ3) is 5.92. The molecule has 0 bridgehead atoms. The molecule has 1 saturated heterocycles. The van der Waals surface area contributed by atoms with Gasteiger partial charge in [0.2, 0.25) is 11.8 Å². The minimum atomic E-state index is -0.477. The highest BCUT2D eigenvalue weighted by Gasteiger charge is 2.35. The number of carbonyl (C=O) groups is 3. The second-order valence-electron chi connectivity index (χ2n) is 7.59. The van der Waals surface area contributed by atoms with Gasteiger partial charge in [-0.25, -0.2) is 0 Å². The molecule has 2 N–H and O–H groups in total. The number of nitrogens with one attached hydrogen (secondary N) is 2. The van der Waals surface area contributed by atoms with E-state index >= 15 is 0 Å². The number of anilines is 2. The van der Waals surface area contributed by atoms with Crippen LogP contribution >= 0.6 is 0 Å². The first-order valence-electron chi connectivity index (χ1n) is 10.6. The van der Waals surface area contributed by atoms with Gasteiger partial charge in [0.05, 0.1) is 17.2 Å². The summed E-state index contributed by atoms with van der Waals surface area (Å²) in [6.07, 6.45) is 0.860. The quantitative estimate of drug-likeness (QED) is 0.607. The van der Waals surface area contributed by atoms with Crippen molar-refractivity contribution in [3.05, 3.63) is 59.7 Å². The summed E-state index contributed by atoms with van der Waals surface area (Å²) in [5.74, 6) is -1.07. The molecule has 0 radical (unpaired) electrons. The van der Waals surface area contributed by atoms with Crippen LogP contribution in [-0.2, 0) is 14.3 Å². The Balaban J connectivity index is 1.62. The Hall–Kier alpha value is -3.19. The van der Waals surface area contributed by atoms with Gasteiger partial charge in [0.1, 0.15) is 0 Å². The summed E-state index contributed by atoms with van der Waals surface area (Å²) in [7, 11) is 0. The summed E-state index contributed by atoms with van der Waals surface area (Å²) in [5, 5.41) is 5.69. The number of hydrogen-bond acceptors (Lipinski definition) is 4.